The Balaban J connectivity index is 0.000000124. The van der Waals surface area contributed by atoms with Crippen molar-refractivity contribution in [2.45, 2.75) is 188 Å². The molecule has 14 aromatic rings. The Morgan fingerprint density at radius 2 is 0.781 bits per heavy atom. The average Bonchev–Trinajstić information content (AvgIpc) is 0.766. The van der Waals surface area contributed by atoms with Crippen LogP contribution in [0.3, 0.4) is 0 Å². The molecule has 8 aromatic heterocycles. The highest BCUT2D eigenvalue weighted by molar-refractivity contribution is 5.89. The van der Waals surface area contributed by atoms with Crippen LogP contribution in [0, 0.1) is 34.6 Å². The molecule has 0 N–H and O–H groups in total. The summed E-state index contributed by atoms with van der Waals surface area (Å²) in [6.07, 6.45) is 33.6. The standard InChI is InChI=1S/C25H25NO2.3C23H22N2O2.C23H27NO4/c1-16-11-21(15-26(3)25(16)28)20-12-19-9-10-22(27)14-24(19)23(13-20)17(2)18-7-5-4-6-8-18;1-15-11-18(14-25(2)23(15)27)21-5-3-17-13-19(26)4-6-20(17)22(21)12-16-7-9-24-10-8-16;1-15-10-18(14-25(2)23(15)27)21-7-5-17-12-19(26)6-8-20(17)22(21)11-16-4-3-9-24-13-16;1-15-11-17(14-25(2)23(15)27)21-8-6-16-12-19(26)7-9-20(16)22(21)13-18-5-3-4-10-24-18;1-15-9-18(13-24(2)23(15)26)17-10-16-6-7-19(25)12-21(16)22(11-17)28-14-20-5-3-4-8-27-20/h4-8,11-13,15,17H,9-10,14H2,1-3H3;3,5,7-11,14H,4,6,12-13H2,1-2H3;3-5,7,9-10,13-14H,6,8,11-12H2,1-2H3;3-6,8,10-11,14H,7,9,12-13H2,1-2H3;9-11,13,20H,3-8,12,14H2,1-2H3. The van der Waals surface area contributed by atoms with Crippen LogP contribution in [0.15, 0.2) is 250 Å². The maximum absolute atomic E-state index is 12.2. The van der Waals surface area contributed by atoms with Gasteiger partial charge in [0.2, 0.25) is 0 Å². The molecule has 20 rings (SSSR count). The third kappa shape index (κ3) is 22.4. The summed E-state index contributed by atoms with van der Waals surface area (Å²) in [5, 5.41) is 0. The third-order valence-electron chi connectivity index (χ3n) is 27.7. The van der Waals surface area contributed by atoms with Gasteiger partial charge in [-0.25, -0.2) is 0 Å². The Kier molecular flexibility index (Phi) is 29.8. The Morgan fingerprint density at radius 3 is 1.23 bits per heavy atom. The van der Waals surface area contributed by atoms with Crippen LogP contribution in [0.2, 0.25) is 0 Å². The molecule has 2 atom stereocenters. The number of ether oxygens (including phenoxy) is 2. The summed E-state index contributed by atoms with van der Waals surface area (Å²) in [6.45, 7) is 12.8. The van der Waals surface area contributed by atoms with Gasteiger partial charge >= 0.3 is 0 Å². The van der Waals surface area contributed by atoms with Crippen molar-refractivity contribution in [3.05, 3.63) is 406 Å². The Labute approximate surface area is 799 Å². The lowest BCUT2D eigenvalue weighted by Crippen LogP contribution is -2.26. The van der Waals surface area contributed by atoms with E-state index in [0.29, 0.717) is 99.5 Å². The Hall–Kier alpha value is -14.4. The Bertz CT molecular complexity index is 6770. The molecule has 6 aromatic carbocycles. The van der Waals surface area contributed by atoms with Crippen molar-refractivity contribution in [2.75, 3.05) is 13.2 Å². The number of ketones is 5. The van der Waals surface area contributed by atoms with Gasteiger partial charge in [-0.15, -0.1) is 0 Å². The van der Waals surface area contributed by atoms with Crippen molar-refractivity contribution < 1.29 is 33.4 Å². The quantitative estimate of drug-likeness (QED) is 0.0872. The topological polar surface area (TPSA) is 252 Å². The van der Waals surface area contributed by atoms with E-state index >= 15 is 0 Å². The van der Waals surface area contributed by atoms with Gasteiger partial charge in [0, 0.05) is 219 Å². The van der Waals surface area contributed by atoms with Crippen LogP contribution < -0.4 is 32.5 Å². The second-order valence-electron chi connectivity index (χ2n) is 37.7. The molecular weight excluding hydrogens is 1710 g/mol. The summed E-state index contributed by atoms with van der Waals surface area (Å²) in [5.74, 6) is 2.48. The predicted molar refractivity (Wildman–Crippen MR) is 539 cm³/mol. The van der Waals surface area contributed by atoms with E-state index in [9.17, 15) is 47.9 Å². The first-order valence-corrected chi connectivity index (χ1v) is 47.7. The molecule has 0 spiro atoms. The molecule has 1 fully saturated rings. The van der Waals surface area contributed by atoms with Gasteiger partial charge < -0.3 is 32.3 Å². The summed E-state index contributed by atoms with van der Waals surface area (Å²) < 4.78 is 20.2. The summed E-state index contributed by atoms with van der Waals surface area (Å²) in [6, 6.07) is 55.4. The average molecular weight is 1830 g/mol. The fraction of sp³-hybridized carbons (Fsp3) is 0.308. The van der Waals surface area contributed by atoms with Crippen LogP contribution in [-0.2, 0) is 147 Å². The zero-order valence-electron chi connectivity index (χ0n) is 80.3. The number of pyridine rings is 8. The number of hydrogen-bond acceptors (Lipinski definition) is 15. The van der Waals surface area contributed by atoms with Crippen LogP contribution in [0.4, 0.5) is 0 Å². The van der Waals surface area contributed by atoms with Gasteiger partial charge in [-0.05, 0) is 310 Å². The minimum absolute atomic E-state index is 0.0122. The molecule has 137 heavy (non-hydrogen) atoms. The van der Waals surface area contributed by atoms with Crippen molar-refractivity contribution in [2.24, 2.45) is 35.2 Å². The fourth-order valence-corrected chi connectivity index (χ4v) is 20.3. The highest BCUT2D eigenvalue weighted by Gasteiger charge is 2.30. The number of rotatable bonds is 16. The molecule has 20 heteroatoms. The maximum Gasteiger partial charge on any atom is 0.253 e. The molecule has 698 valence electrons. The Morgan fingerprint density at radius 1 is 0.358 bits per heavy atom. The van der Waals surface area contributed by atoms with E-state index < -0.39 is 0 Å². The first kappa shape index (κ1) is 95.8. The summed E-state index contributed by atoms with van der Waals surface area (Å²) >= 11 is 0. The van der Waals surface area contributed by atoms with Gasteiger partial charge in [0.1, 0.15) is 41.3 Å². The van der Waals surface area contributed by atoms with Crippen LogP contribution >= 0.6 is 0 Å². The van der Waals surface area contributed by atoms with Crippen molar-refractivity contribution in [1.82, 2.24) is 37.8 Å². The number of carbonyl (C=O) groups excluding carboxylic acids is 5. The van der Waals surface area contributed by atoms with E-state index in [-0.39, 0.29) is 45.6 Å². The number of hydrogen-bond donors (Lipinski definition) is 0. The number of benzene rings is 6. The number of Topliss-reactive ketones (excluding diaryl/α,β-unsaturated/α-hetero) is 5. The van der Waals surface area contributed by atoms with Crippen molar-refractivity contribution >= 4 is 28.9 Å². The van der Waals surface area contributed by atoms with Crippen molar-refractivity contribution in [1.29, 1.82) is 0 Å². The predicted octanol–water partition coefficient (Wildman–Crippen LogP) is 18.1. The van der Waals surface area contributed by atoms with E-state index in [0.717, 1.165) is 188 Å². The summed E-state index contributed by atoms with van der Waals surface area (Å²) in [7, 11) is 8.93. The van der Waals surface area contributed by atoms with Gasteiger partial charge in [0.15, 0.2) is 0 Å². The molecule has 1 aliphatic heterocycles. The lowest BCUT2D eigenvalue weighted by molar-refractivity contribution is -0.119. The lowest BCUT2D eigenvalue weighted by Gasteiger charge is -2.25. The molecule has 0 saturated carbocycles. The second kappa shape index (κ2) is 42.7. The second-order valence-corrected chi connectivity index (χ2v) is 37.7. The monoisotopic (exact) mass is 1830 g/mol. The maximum atomic E-state index is 12.2. The largest absolute Gasteiger partial charge is 0.491 e. The minimum atomic E-state index is 0.0122. The normalized spacial score (nSPS) is 14.9. The van der Waals surface area contributed by atoms with Crippen molar-refractivity contribution in [3.8, 4) is 61.4 Å². The molecule has 0 amide bonds. The fourth-order valence-electron chi connectivity index (χ4n) is 20.3. The summed E-state index contributed by atoms with van der Waals surface area (Å²) in [5.41, 5.74) is 35.8. The number of aromatic nitrogens is 8. The minimum Gasteiger partial charge on any atom is -0.491 e. The van der Waals surface area contributed by atoms with E-state index in [1.165, 1.54) is 73.2 Å². The molecule has 0 bridgehead atoms. The van der Waals surface area contributed by atoms with Gasteiger partial charge in [0.05, 0.1) is 6.10 Å². The van der Waals surface area contributed by atoms with Crippen LogP contribution in [-0.4, -0.2) is 86.0 Å². The molecule has 6 aliphatic rings. The zero-order chi connectivity index (χ0) is 96.4. The molecule has 0 radical (unpaired) electrons. The van der Waals surface area contributed by atoms with Crippen LogP contribution in [0.1, 0.15) is 192 Å². The van der Waals surface area contributed by atoms with E-state index in [2.05, 4.69) is 107 Å². The van der Waals surface area contributed by atoms with Gasteiger partial charge in [-0.2, -0.15) is 0 Å². The van der Waals surface area contributed by atoms with E-state index in [1.807, 2.05) is 169 Å². The molecule has 20 nitrogen and oxygen atoms in total. The van der Waals surface area contributed by atoms with E-state index in [1.54, 1.807) is 64.3 Å². The number of fused-ring (bicyclic) bond motifs is 5. The molecule has 9 heterocycles. The van der Waals surface area contributed by atoms with Gasteiger partial charge in [-0.3, -0.25) is 62.9 Å². The molecular formula is C117H118N8O12. The molecule has 1 saturated heterocycles. The first-order chi connectivity index (χ1) is 66.0. The lowest BCUT2D eigenvalue weighted by atomic mass is 9.79. The van der Waals surface area contributed by atoms with Crippen LogP contribution in [0.5, 0.6) is 5.75 Å². The summed E-state index contributed by atoms with van der Waals surface area (Å²) in [4.78, 5) is 133. The molecule has 5 aliphatic carbocycles. The van der Waals surface area contributed by atoms with Gasteiger partial charge in [-0.1, -0.05) is 104 Å². The SMILES string of the molecule is Cc1cc(-c2cc3c(c(C(C)c4ccccc4)c2)CC(=O)CC3)cn(C)c1=O.Cc1cc(-c2cc3c(c(OCC4CCCCO4)c2)CC(=O)CC3)cn(C)c1=O.Cc1cc(-c2ccc3c(c2Cc2ccccn2)CCC(=O)C3)cn(C)c1=O.Cc1cc(-c2ccc3c(c2Cc2cccnc2)CCC(=O)C3)cn(C)c1=O.Cc1cc(-c2ccc3c(c2Cc2ccncc2)CCC(=O)C3)cn(C)c1=O. The highest BCUT2D eigenvalue weighted by Crippen LogP contribution is 2.42. The van der Waals surface area contributed by atoms with Crippen molar-refractivity contribution in [3.63, 3.8) is 0 Å². The zero-order valence-corrected chi connectivity index (χ0v) is 80.3. The smallest absolute Gasteiger partial charge is 0.253 e. The van der Waals surface area contributed by atoms with Crippen LogP contribution in [0.25, 0.3) is 55.6 Å². The number of nitrogens with zero attached hydrogens (tertiary/aromatic N) is 8. The first-order valence-electron chi connectivity index (χ1n) is 47.7. The third-order valence-corrected chi connectivity index (χ3v) is 27.7. The highest BCUT2D eigenvalue weighted by atomic mass is 16.5. The molecule has 2 unspecified atom stereocenters. The number of carbonyl (C=O) groups is 5. The van der Waals surface area contributed by atoms with E-state index in [4.69, 9.17) is 9.47 Å². The number of aryl methyl sites for hydroxylation is 12. The van der Waals surface area contributed by atoms with Gasteiger partial charge in [0.25, 0.3) is 27.8 Å².